The third-order valence-electron chi connectivity index (χ3n) is 3.89. The van der Waals surface area contributed by atoms with Crippen molar-refractivity contribution in [1.82, 2.24) is 5.32 Å². The van der Waals surface area contributed by atoms with Crippen LogP contribution in [-0.2, 0) is 20.9 Å². The average Bonchev–Trinajstić information content (AvgIpc) is 2.70. The quantitative estimate of drug-likeness (QED) is 0.441. The molecule has 28 heavy (non-hydrogen) atoms. The van der Waals surface area contributed by atoms with Crippen molar-refractivity contribution in [3.8, 4) is 5.75 Å². The number of rotatable bonds is 9. The fourth-order valence-electron chi connectivity index (χ4n) is 2.41. The Bertz CT molecular complexity index is 866. The lowest BCUT2D eigenvalue weighted by molar-refractivity contribution is -0.147. The summed E-state index contributed by atoms with van der Waals surface area (Å²) in [6.07, 6.45) is 0.309. The Morgan fingerprint density at radius 1 is 1.14 bits per heavy atom. The summed E-state index contributed by atoms with van der Waals surface area (Å²) in [6.45, 7) is -0.00546. The van der Waals surface area contributed by atoms with Crippen LogP contribution in [0.3, 0.4) is 0 Å². The summed E-state index contributed by atoms with van der Waals surface area (Å²) in [5.41, 5.74) is 5.89. The van der Waals surface area contributed by atoms with E-state index >= 15 is 0 Å². The highest BCUT2D eigenvalue weighted by atomic mass is 16.5. The fraction of sp³-hybridized carbons (Fsp3) is 0.200. The van der Waals surface area contributed by atoms with E-state index in [9.17, 15) is 24.3 Å². The van der Waals surface area contributed by atoms with E-state index in [1.807, 2.05) is 6.07 Å². The molecule has 2 amide bonds. The maximum absolute atomic E-state index is 12.5. The highest BCUT2D eigenvalue weighted by Crippen LogP contribution is 2.18. The SMILES string of the molecule is NC(=O)CC[C@H](NC(=O)c1cc(C=O)ccc1O)C(=O)OCc1ccccc1. The van der Waals surface area contributed by atoms with Gasteiger partial charge >= 0.3 is 5.97 Å². The normalized spacial score (nSPS) is 11.3. The summed E-state index contributed by atoms with van der Waals surface area (Å²) in [5.74, 6) is -2.52. The van der Waals surface area contributed by atoms with Crippen LogP contribution in [0.5, 0.6) is 5.75 Å². The number of nitrogens with two attached hydrogens (primary N) is 1. The first-order valence-corrected chi connectivity index (χ1v) is 8.48. The second kappa shape index (κ2) is 9.86. The molecule has 1 atom stereocenters. The minimum Gasteiger partial charge on any atom is -0.507 e. The molecule has 2 aromatic rings. The monoisotopic (exact) mass is 384 g/mol. The van der Waals surface area contributed by atoms with Gasteiger partial charge in [0, 0.05) is 12.0 Å². The zero-order chi connectivity index (χ0) is 20.5. The van der Waals surface area contributed by atoms with Crippen molar-refractivity contribution in [2.75, 3.05) is 0 Å². The third kappa shape index (κ3) is 5.94. The fourth-order valence-corrected chi connectivity index (χ4v) is 2.41. The lowest BCUT2D eigenvalue weighted by Gasteiger charge is -2.18. The van der Waals surface area contributed by atoms with E-state index in [0.717, 1.165) is 5.56 Å². The molecule has 8 nitrogen and oxygen atoms in total. The highest BCUT2D eigenvalue weighted by Gasteiger charge is 2.25. The van der Waals surface area contributed by atoms with E-state index in [2.05, 4.69) is 5.32 Å². The number of esters is 1. The van der Waals surface area contributed by atoms with Gasteiger partial charge in [0.15, 0.2) is 0 Å². The molecule has 4 N–H and O–H groups in total. The van der Waals surface area contributed by atoms with Crippen LogP contribution in [0, 0.1) is 0 Å². The topological polar surface area (TPSA) is 136 Å². The number of aldehydes is 1. The summed E-state index contributed by atoms with van der Waals surface area (Å²) in [7, 11) is 0. The maximum atomic E-state index is 12.5. The zero-order valence-electron chi connectivity index (χ0n) is 15.0. The molecule has 0 unspecified atom stereocenters. The molecule has 0 saturated carbocycles. The number of ether oxygens (including phenoxy) is 1. The number of phenolic OH excluding ortho intramolecular Hbond substituents is 1. The van der Waals surface area contributed by atoms with Gasteiger partial charge in [-0.05, 0) is 30.2 Å². The van der Waals surface area contributed by atoms with Gasteiger partial charge in [-0.25, -0.2) is 4.79 Å². The molecule has 0 radical (unpaired) electrons. The second-order valence-electron chi connectivity index (χ2n) is 6.02. The van der Waals surface area contributed by atoms with Gasteiger partial charge in [-0.15, -0.1) is 0 Å². The number of carbonyl (C=O) groups is 4. The number of carbonyl (C=O) groups excluding carboxylic acids is 4. The summed E-state index contributed by atoms with van der Waals surface area (Å²) in [4.78, 5) is 46.8. The molecule has 0 saturated heterocycles. The van der Waals surface area contributed by atoms with Crippen LogP contribution < -0.4 is 11.1 Å². The predicted molar refractivity (Wildman–Crippen MR) is 99.4 cm³/mol. The third-order valence-corrected chi connectivity index (χ3v) is 3.89. The van der Waals surface area contributed by atoms with Gasteiger partial charge in [0.1, 0.15) is 24.7 Å². The summed E-state index contributed by atoms with van der Waals surface area (Å²) < 4.78 is 5.21. The van der Waals surface area contributed by atoms with E-state index in [1.54, 1.807) is 24.3 Å². The number of hydrogen-bond donors (Lipinski definition) is 3. The van der Waals surface area contributed by atoms with Gasteiger partial charge in [-0.1, -0.05) is 30.3 Å². The van der Waals surface area contributed by atoms with Crippen molar-refractivity contribution in [1.29, 1.82) is 0 Å². The molecular formula is C20H20N2O6. The minimum absolute atomic E-state index is 0.00546. The van der Waals surface area contributed by atoms with Gasteiger partial charge in [0.25, 0.3) is 5.91 Å². The first-order valence-electron chi connectivity index (χ1n) is 8.48. The van der Waals surface area contributed by atoms with Crippen LogP contribution in [0.25, 0.3) is 0 Å². The number of amides is 2. The number of aromatic hydroxyl groups is 1. The Morgan fingerprint density at radius 2 is 1.86 bits per heavy atom. The Kier molecular flexibility index (Phi) is 7.27. The largest absolute Gasteiger partial charge is 0.507 e. The standard InChI is InChI=1S/C20H20N2O6/c21-18(25)9-7-16(20(27)28-12-13-4-2-1-3-5-13)22-19(26)15-10-14(11-23)6-8-17(15)24/h1-6,8,10-11,16,24H,7,9,12H2,(H2,21,25)(H,22,26)/t16-/m0/s1. The molecule has 0 fully saturated rings. The van der Waals surface area contributed by atoms with Crippen LogP contribution in [0.1, 0.15) is 39.1 Å². The Hall–Kier alpha value is -3.68. The second-order valence-corrected chi connectivity index (χ2v) is 6.02. The van der Waals surface area contributed by atoms with Crippen LogP contribution in [-0.4, -0.2) is 35.2 Å². The Balaban J connectivity index is 2.11. The number of primary amides is 1. The summed E-state index contributed by atoms with van der Waals surface area (Å²) in [5, 5.41) is 12.3. The van der Waals surface area contributed by atoms with Crippen molar-refractivity contribution >= 4 is 24.1 Å². The molecular weight excluding hydrogens is 364 g/mol. The predicted octanol–water partition coefficient (Wildman–Crippen LogP) is 1.31. The van der Waals surface area contributed by atoms with Crippen LogP contribution in [0.2, 0.25) is 0 Å². The molecule has 0 aliphatic rings. The van der Waals surface area contributed by atoms with Crippen LogP contribution in [0.15, 0.2) is 48.5 Å². The van der Waals surface area contributed by atoms with Gasteiger partial charge in [-0.2, -0.15) is 0 Å². The first-order chi connectivity index (χ1) is 13.4. The molecule has 0 bridgehead atoms. The van der Waals surface area contributed by atoms with Crippen molar-refractivity contribution in [2.45, 2.75) is 25.5 Å². The molecule has 8 heteroatoms. The molecule has 0 aliphatic heterocycles. The summed E-state index contributed by atoms with van der Waals surface area (Å²) >= 11 is 0. The van der Waals surface area contributed by atoms with Crippen LogP contribution in [0.4, 0.5) is 0 Å². The van der Waals surface area contributed by atoms with Crippen molar-refractivity contribution in [2.24, 2.45) is 5.73 Å². The number of nitrogens with one attached hydrogen (secondary N) is 1. The van der Waals surface area contributed by atoms with Crippen molar-refractivity contribution in [3.05, 3.63) is 65.2 Å². The molecule has 0 aromatic heterocycles. The first kappa shape index (κ1) is 20.6. The number of benzene rings is 2. The molecule has 0 aliphatic carbocycles. The average molecular weight is 384 g/mol. The number of hydrogen-bond acceptors (Lipinski definition) is 6. The molecule has 2 aromatic carbocycles. The van der Waals surface area contributed by atoms with E-state index in [1.165, 1.54) is 18.2 Å². The molecule has 2 rings (SSSR count). The smallest absolute Gasteiger partial charge is 0.328 e. The van der Waals surface area contributed by atoms with Crippen molar-refractivity contribution < 1.29 is 29.0 Å². The molecule has 0 heterocycles. The van der Waals surface area contributed by atoms with Gasteiger partial charge in [0.05, 0.1) is 5.56 Å². The summed E-state index contributed by atoms with van der Waals surface area (Å²) in [6, 6.07) is 11.5. The van der Waals surface area contributed by atoms with Gasteiger partial charge in [0.2, 0.25) is 5.91 Å². The van der Waals surface area contributed by atoms with Crippen molar-refractivity contribution in [3.63, 3.8) is 0 Å². The minimum atomic E-state index is -1.15. The molecule has 146 valence electrons. The van der Waals surface area contributed by atoms with E-state index in [-0.39, 0.29) is 36.3 Å². The van der Waals surface area contributed by atoms with E-state index in [4.69, 9.17) is 10.5 Å². The van der Waals surface area contributed by atoms with E-state index in [0.29, 0.717) is 6.29 Å². The lowest BCUT2D eigenvalue weighted by Crippen LogP contribution is -2.42. The van der Waals surface area contributed by atoms with E-state index < -0.39 is 23.8 Å². The highest BCUT2D eigenvalue weighted by molar-refractivity contribution is 6.00. The maximum Gasteiger partial charge on any atom is 0.328 e. The van der Waals surface area contributed by atoms with Gasteiger partial charge < -0.3 is 20.9 Å². The van der Waals surface area contributed by atoms with Crippen LogP contribution >= 0.6 is 0 Å². The Morgan fingerprint density at radius 3 is 2.50 bits per heavy atom. The lowest BCUT2D eigenvalue weighted by atomic mass is 10.1. The molecule has 0 spiro atoms. The zero-order valence-corrected chi connectivity index (χ0v) is 15.0. The number of phenols is 1. The Labute approximate surface area is 161 Å². The van der Waals surface area contributed by atoms with Gasteiger partial charge in [-0.3, -0.25) is 14.4 Å².